The Labute approximate surface area is 113 Å². The second-order valence-corrected chi connectivity index (χ2v) is 5.72. The maximum Gasteiger partial charge on any atom is 0.0491 e. The highest BCUT2D eigenvalue weighted by molar-refractivity contribution is 6.08. The molecule has 0 amide bonds. The topological polar surface area (TPSA) is 30.9 Å². The fourth-order valence-electron chi connectivity index (χ4n) is 2.80. The summed E-state index contributed by atoms with van der Waals surface area (Å²) in [6.07, 6.45) is 0. The highest BCUT2D eigenvalue weighted by Gasteiger charge is 2.16. The number of aromatic nitrogens is 1. The zero-order valence-electron chi connectivity index (χ0n) is 11.8. The van der Waals surface area contributed by atoms with E-state index < -0.39 is 0 Å². The quantitative estimate of drug-likeness (QED) is 0.734. The second kappa shape index (κ2) is 4.10. The third-order valence-electron chi connectivity index (χ3n) is 3.83. The largest absolute Gasteiger partial charge is 0.341 e. The first-order chi connectivity index (χ1) is 9.02. The summed E-state index contributed by atoms with van der Waals surface area (Å²) in [6, 6.07) is 15.2. The van der Waals surface area contributed by atoms with Gasteiger partial charge < -0.3 is 10.3 Å². The van der Waals surface area contributed by atoms with E-state index in [2.05, 4.69) is 54.0 Å². The Morgan fingerprint density at radius 1 is 1.00 bits per heavy atom. The van der Waals surface area contributed by atoms with Gasteiger partial charge in [-0.3, -0.25) is 0 Å². The second-order valence-electron chi connectivity index (χ2n) is 5.72. The number of nitrogens with two attached hydrogens (primary N) is 1. The molecule has 19 heavy (non-hydrogen) atoms. The number of rotatable bonds is 2. The molecule has 1 heterocycles. The van der Waals surface area contributed by atoms with Crippen molar-refractivity contribution in [2.45, 2.75) is 32.9 Å². The zero-order chi connectivity index (χ0) is 13.6. The lowest BCUT2D eigenvalue weighted by atomic mass is 9.94. The first-order valence-electron chi connectivity index (χ1n) is 6.82. The minimum atomic E-state index is -0.302. The standard InChI is InChI=1S/C17H20N2/c1-4-19-15-8-6-5-7-13(15)14-11-12(17(2,3)18)9-10-16(14)19/h5-11H,4,18H2,1-3H3. The highest BCUT2D eigenvalue weighted by Crippen LogP contribution is 2.31. The molecule has 0 aliphatic carbocycles. The summed E-state index contributed by atoms with van der Waals surface area (Å²) < 4.78 is 2.36. The molecule has 0 fully saturated rings. The Balaban J connectivity index is 2.43. The Kier molecular flexibility index (Phi) is 2.64. The SMILES string of the molecule is CCn1c2ccccc2c2cc(C(C)(C)N)ccc21. The van der Waals surface area contributed by atoms with Crippen LogP contribution in [0.25, 0.3) is 21.8 Å². The minimum absolute atomic E-state index is 0.302. The van der Waals surface area contributed by atoms with Crippen LogP contribution in [0.5, 0.6) is 0 Å². The van der Waals surface area contributed by atoms with E-state index in [1.807, 2.05) is 13.8 Å². The Morgan fingerprint density at radius 2 is 1.68 bits per heavy atom. The predicted octanol–water partition coefficient (Wildman–Crippen LogP) is 4.01. The molecule has 0 saturated heterocycles. The van der Waals surface area contributed by atoms with E-state index in [4.69, 9.17) is 5.73 Å². The van der Waals surface area contributed by atoms with Crippen molar-refractivity contribution >= 4 is 21.8 Å². The van der Waals surface area contributed by atoms with Crippen LogP contribution in [-0.4, -0.2) is 4.57 Å². The monoisotopic (exact) mass is 252 g/mol. The third-order valence-corrected chi connectivity index (χ3v) is 3.83. The number of para-hydroxylation sites is 1. The lowest BCUT2D eigenvalue weighted by Gasteiger charge is -2.19. The maximum absolute atomic E-state index is 6.22. The van der Waals surface area contributed by atoms with Gasteiger partial charge in [0.1, 0.15) is 0 Å². The van der Waals surface area contributed by atoms with Gasteiger partial charge in [-0.25, -0.2) is 0 Å². The Bertz CT molecular complexity index is 745. The molecule has 2 heteroatoms. The highest BCUT2D eigenvalue weighted by atomic mass is 15.0. The number of nitrogens with zero attached hydrogens (tertiary/aromatic N) is 1. The van der Waals surface area contributed by atoms with Gasteiger partial charge in [0.15, 0.2) is 0 Å². The van der Waals surface area contributed by atoms with Gasteiger partial charge in [-0.15, -0.1) is 0 Å². The summed E-state index contributed by atoms with van der Waals surface area (Å²) in [5.74, 6) is 0. The molecule has 0 atom stereocenters. The van der Waals surface area contributed by atoms with Crippen molar-refractivity contribution in [2.24, 2.45) is 5.73 Å². The van der Waals surface area contributed by atoms with Crippen molar-refractivity contribution in [2.75, 3.05) is 0 Å². The van der Waals surface area contributed by atoms with Crippen molar-refractivity contribution in [3.63, 3.8) is 0 Å². The van der Waals surface area contributed by atoms with E-state index in [1.54, 1.807) is 0 Å². The van der Waals surface area contributed by atoms with E-state index >= 15 is 0 Å². The van der Waals surface area contributed by atoms with Crippen LogP contribution >= 0.6 is 0 Å². The average Bonchev–Trinajstić information content (AvgIpc) is 2.70. The number of hydrogen-bond acceptors (Lipinski definition) is 1. The zero-order valence-corrected chi connectivity index (χ0v) is 11.8. The molecule has 98 valence electrons. The fraction of sp³-hybridized carbons (Fsp3) is 0.294. The molecule has 0 unspecified atom stereocenters. The molecule has 0 spiro atoms. The van der Waals surface area contributed by atoms with Gasteiger partial charge in [0, 0.05) is 33.9 Å². The fourth-order valence-corrected chi connectivity index (χ4v) is 2.80. The summed E-state index contributed by atoms with van der Waals surface area (Å²) in [5.41, 5.74) is 9.69. The third kappa shape index (κ3) is 1.83. The van der Waals surface area contributed by atoms with Crippen molar-refractivity contribution in [1.82, 2.24) is 4.57 Å². The number of aryl methyl sites for hydroxylation is 1. The van der Waals surface area contributed by atoms with Gasteiger partial charge in [0.2, 0.25) is 0 Å². The molecule has 2 N–H and O–H groups in total. The normalized spacial score (nSPS) is 12.4. The molecule has 3 aromatic rings. The smallest absolute Gasteiger partial charge is 0.0491 e. The summed E-state index contributed by atoms with van der Waals surface area (Å²) >= 11 is 0. The van der Waals surface area contributed by atoms with Gasteiger partial charge >= 0.3 is 0 Å². The van der Waals surface area contributed by atoms with E-state index in [0.29, 0.717) is 0 Å². The molecule has 3 rings (SSSR count). The Hall–Kier alpha value is -1.80. The lowest BCUT2D eigenvalue weighted by Crippen LogP contribution is -2.28. The molecule has 0 saturated carbocycles. The van der Waals surface area contributed by atoms with Gasteiger partial charge in [-0.1, -0.05) is 24.3 Å². The number of hydrogen-bond donors (Lipinski definition) is 1. The first-order valence-corrected chi connectivity index (χ1v) is 6.82. The number of benzene rings is 2. The molecule has 0 radical (unpaired) electrons. The summed E-state index contributed by atoms with van der Waals surface area (Å²) in [7, 11) is 0. The van der Waals surface area contributed by atoms with Crippen LogP contribution in [0.4, 0.5) is 0 Å². The molecule has 0 aliphatic heterocycles. The van der Waals surface area contributed by atoms with Crippen LogP contribution in [0.3, 0.4) is 0 Å². The molecular weight excluding hydrogens is 232 g/mol. The van der Waals surface area contributed by atoms with Crippen molar-refractivity contribution < 1.29 is 0 Å². The molecule has 0 bridgehead atoms. The lowest BCUT2D eigenvalue weighted by molar-refractivity contribution is 0.555. The van der Waals surface area contributed by atoms with Crippen LogP contribution < -0.4 is 5.73 Å². The van der Waals surface area contributed by atoms with Gasteiger partial charge in [0.25, 0.3) is 0 Å². The molecule has 0 aliphatic rings. The number of fused-ring (bicyclic) bond motifs is 3. The van der Waals surface area contributed by atoms with E-state index in [0.717, 1.165) is 6.54 Å². The molecule has 1 aromatic heterocycles. The minimum Gasteiger partial charge on any atom is -0.341 e. The molecular formula is C17H20N2. The van der Waals surface area contributed by atoms with E-state index in [-0.39, 0.29) is 5.54 Å². The summed E-state index contributed by atoms with van der Waals surface area (Å²) in [5, 5.41) is 2.61. The van der Waals surface area contributed by atoms with E-state index in [1.165, 1.54) is 27.4 Å². The van der Waals surface area contributed by atoms with Gasteiger partial charge in [0.05, 0.1) is 0 Å². The predicted molar refractivity (Wildman–Crippen MR) is 82.3 cm³/mol. The Morgan fingerprint density at radius 3 is 2.37 bits per heavy atom. The van der Waals surface area contributed by atoms with Crippen molar-refractivity contribution in [1.29, 1.82) is 0 Å². The van der Waals surface area contributed by atoms with Crippen molar-refractivity contribution in [3.8, 4) is 0 Å². The van der Waals surface area contributed by atoms with Crippen LogP contribution in [0, 0.1) is 0 Å². The van der Waals surface area contributed by atoms with Crippen LogP contribution in [0.1, 0.15) is 26.3 Å². The van der Waals surface area contributed by atoms with E-state index in [9.17, 15) is 0 Å². The first kappa shape index (κ1) is 12.2. The molecule has 2 nitrogen and oxygen atoms in total. The van der Waals surface area contributed by atoms with Crippen LogP contribution in [-0.2, 0) is 12.1 Å². The maximum atomic E-state index is 6.22. The van der Waals surface area contributed by atoms with Gasteiger partial charge in [-0.2, -0.15) is 0 Å². The van der Waals surface area contributed by atoms with Crippen LogP contribution in [0.2, 0.25) is 0 Å². The summed E-state index contributed by atoms with van der Waals surface area (Å²) in [6.45, 7) is 7.27. The van der Waals surface area contributed by atoms with Gasteiger partial charge in [-0.05, 0) is 44.5 Å². The average molecular weight is 252 g/mol. The summed E-state index contributed by atoms with van der Waals surface area (Å²) in [4.78, 5) is 0. The van der Waals surface area contributed by atoms with Crippen molar-refractivity contribution in [3.05, 3.63) is 48.0 Å². The molecule has 2 aromatic carbocycles. The van der Waals surface area contributed by atoms with Crippen LogP contribution in [0.15, 0.2) is 42.5 Å².